The van der Waals surface area contributed by atoms with Gasteiger partial charge in [0.25, 0.3) is 0 Å². The van der Waals surface area contributed by atoms with E-state index in [9.17, 15) is 0 Å². The van der Waals surface area contributed by atoms with E-state index < -0.39 is 0 Å². The van der Waals surface area contributed by atoms with Gasteiger partial charge in [0.15, 0.2) is 0 Å². The summed E-state index contributed by atoms with van der Waals surface area (Å²) >= 11 is 0. The lowest BCUT2D eigenvalue weighted by molar-refractivity contribution is 0.414. The normalized spacial score (nSPS) is 10.5. The smallest absolute Gasteiger partial charge is 0.119 e. The molecule has 0 atom stereocenters. The van der Waals surface area contributed by atoms with E-state index in [1.54, 1.807) is 7.11 Å². The van der Waals surface area contributed by atoms with Crippen molar-refractivity contribution >= 4 is 0 Å². The fourth-order valence-corrected chi connectivity index (χ4v) is 2.38. The van der Waals surface area contributed by atoms with Crippen LogP contribution in [0.15, 0.2) is 66.9 Å². The number of nitrogens with zero attached hydrogens (tertiary/aromatic N) is 1. The summed E-state index contributed by atoms with van der Waals surface area (Å²) in [5.41, 5.74) is 4.83. The molecule has 0 aliphatic rings. The maximum atomic E-state index is 5.20. The first-order valence-corrected chi connectivity index (χ1v) is 6.67. The van der Waals surface area contributed by atoms with Gasteiger partial charge >= 0.3 is 0 Å². The minimum Gasteiger partial charge on any atom is -0.497 e. The SMILES string of the molecule is COc1ccc(-n2cc(-c3ccccc3)cc2C)cc1. The van der Waals surface area contributed by atoms with Crippen LogP contribution in [0.5, 0.6) is 5.75 Å². The first-order valence-electron chi connectivity index (χ1n) is 6.67. The summed E-state index contributed by atoms with van der Waals surface area (Å²) < 4.78 is 7.40. The molecule has 0 bridgehead atoms. The molecule has 0 radical (unpaired) electrons. The van der Waals surface area contributed by atoms with Gasteiger partial charge in [0, 0.05) is 23.1 Å². The van der Waals surface area contributed by atoms with Crippen molar-refractivity contribution in [1.29, 1.82) is 0 Å². The third-order valence-corrected chi connectivity index (χ3v) is 3.47. The van der Waals surface area contributed by atoms with Crippen LogP contribution in [0.4, 0.5) is 0 Å². The van der Waals surface area contributed by atoms with Gasteiger partial charge in [-0.25, -0.2) is 0 Å². The summed E-state index contributed by atoms with van der Waals surface area (Å²) in [6.45, 7) is 2.12. The molecular formula is C18H17NO. The van der Waals surface area contributed by atoms with Gasteiger partial charge in [0.2, 0.25) is 0 Å². The van der Waals surface area contributed by atoms with Crippen molar-refractivity contribution in [2.24, 2.45) is 0 Å². The quantitative estimate of drug-likeness (QED) is 0.680. The number of aromatic nitrogens is 1. The van der Waals surface area contributed by atoms with Crippen LogP contribution in [0.3, 0.4) is 0 Å². The second-order valence-corrected chi connectivity index (χ2v) is 4.80. The van der Waals surface area contributed by atoms with Crippen molar-refractivity contribution in [3.63, 3.8) is 0 Å². The Labute approximate surface area is 119 Å². The molecule has 0 unspecified atom stereocenters. The van der Waals surface area contributed by atoms with E-state index in [1.165, 1.54) is 16.8 Å². The third-order valence-electron chi connectivity index (χ3n) is 3.47. The van der Waals surface area contributed by atoms with Crippen LogP contribution in [0.1, 0.15) is 5.69 Å². The van der Waals surface area contributed by atoms with E-state index in [0.29, 0.717) is 0 Å². The van der Waals surface area contributed by atoms with Gasteiger partial charge in [-0.3, -0.25) is 0 Å². The van der Waals surface area contributed by atoms with Crippen LogP contribution in [0, 0.1) is 6.92 Å². The number of hydrogen-bond donors (Lipinski definition) is 0. The Morgan fingerprint density at radius 3 is 2.20 bits per heavy atom. The number of rotatable bonds is 3. The molecule has 100 valence electrons. The van der Waals surface area contributed by atoms with Crippen LogP contribution in [-0.2, 0) is 0 Å². The topological polar surface area (TPSA) is 14.2 Å². The highest BCUT2D eigenvalue weighted by molar-refractivity contribution is 5.64. The standard InChI is InChI=1S/C18H17NO/c1-14-12-16(15-6-4-3-5-7-15)13-19(14)17-8-10-18(20-2)11-9-17/h3-13H,1-2H3. The Balaban J connectivity index is 2.00. The third kappa shape index (κ3) is 2.32. The zero-order valence-electron chi connectivity index (χ0n) is 11.7. The molecule has 0 spiro atoms. The number of aryl methyl sites for hydroxylation is 1. The molecule has 0 aliphatic carbocycles. The molecule has 0 N–H and O–H groups in total. The Morgan fingerprint density at radius 2 is 1.55 bits per heavy atom. The predicted molar refractivity (Wildman–Crippen MR) is 82.5 cm³/mol. The van der Waals surface area contributed by atoms with E-state index in [4.69, 9.17) is 4.74 Å². The highest BCUT2D eigenvalue weighted by atomic mass is 16.5. The Bertz CT molecular complexity index is 696. The largest absolute Gasteiger partial charge is 0.497 e. The predicted octanol–water partition coefficient (Wildman–Crippen LogP) is 4.46. The fraction of sp³-hybridized carbons (Fsp3) is 0.111. The monoisotopic (exact) mass is 263 g/mol. The van der Waals surface area contributed by atoms with E-state index in [2.05, 4.69) is 60.2 Å². The molecule has 2 aromatic carbocycles. The van der Waals surface area contributed by atoms with E-state index in [-0.39, 0.29) is 0 Å². The highest BCUT2D eigenvalue weighted by Gasteiger charge is 2.06. The maximum absolute atomic E-state index is 5.20. The molecule has 3 rings (SSSR count). The molecule has 0 saturated heterocycles. The van der Waals surface area contributed by atoms with Gasteiger partial charge in [-0.05, 0) is 42.8 Å². The summed E-state index contributed by atoms with van der Waals surface area (Å²) in [6, 6.07) is 20.7. The lowest BCUT2D eigenvalue weighted by Crippen LogP contribution is -1.94. The van der Waals surface area contributed by atoms with Gasteiger partial charge in [-0.15, -0.1) is 0 Å². The van der Waals surface area contributed by atoms with Gasteiger partial charge in [-0.1, -0.05) is 30.3 Å². The number of benzene rings is 2. The minimum atomic E-state index is 0.877. The molecule has 3 aromatic rings. The molecule has 0 fully saturated rings. The highest BCUT2D eigenvalue weighted by Crippen LogP contribution is 2.25. The van der Waals surface area contributed by atoms with E-state index in [1.807, 2.05) is 18.2 Å². The van der Waals surface area contributed by atoms with Gasteiger partial charge in [0.05, 0.1) is 7.11 Å². The van der Waals surface area contributed by atoms with Crippen LogP contribution in [0.2, 0.25) is 0 Å². The number of hydrogen-bond acceptors (Lipinski definition) is 1. The molecule has 2 heteroatoms. The van der Waals surface area contributed by atoms with Gasteiger partial charge in [-0.2, -0.15) is 0 Å². The average Bonchev–Trinajstić information content (AvgIpc) is 2.90. The van der Waals surface area contributed by atoms with Crippen LogP contribution >= 0.6 is 0 Å². The van der Waals surface area contributed by atoms with Crippen molar-refractivity contribution in [3.05, 3.63) is 72.6 Å². The number of methoxy groups -OCH3 is 1. The summed E-state index contributed by atoms with van der Waals surface area (Å²) in [7, 11) is 1.68. The van der Waals surface area contributed by atoms with Crippen LogP contribution < -0.4 is 4.74 Å². The van der Waals surface area contributed by atoms with E-state index in [0.717, 1.165) is 11.4 Å². The van der Waals surface area contributed by atoms with Crippen molar-refractivity contribution < 1.29 is 4.74 Å². The van der Waals surface area contributed by atoms with Crippen molar-refractivity contribution in [3.8, 4) is 22.6 Å². The zero-order chi connectivity index (χ0) is 13.9. The fourth-order valence-electron chi connectivity index (χ4n) is 2.38. The lowest BCUT2D eigenvalue weighted by Gasteiger charge is -2.07. The summed E-state index contributed by atoms with van der Waals surface area (Å²) in [6.07, 6.45) is 2.17. The molecule has 1 aromatic heterocycles. The summed E-state index contributed by atoms with van der Waals surface area (Å²) in [4.78, 5) is 0. The first kappa shape index (κ1) is 12.5. The minimum absolute atomic E-state index is 0.877. The van der Waals surface area contributed by atoms with Gasteiger partial charge in [0.1, 0.15) is 5.75 Å². The Morgan fingerprint density at radius 1 is 0.850 bits per heavy atom. The Kier molecular flexibility index (Phi) is 3.30. The molecule has 1 heterocycles. The second kappa shape index (κ2) is 5.25. The zero-order valence-corrected chi connectivity index (χ0v) is 11.7. The molecule has 0 amide bonds. The molecule has 0 aliphatic heterocycles. The molecule has 2 nitrogen and oxygen atoms in total. The Hall–Kier alpha value is -2.48. The lowest BCUT2D eigenvalue weighted by atomic mass is 10.1. The maximum Gasteiger partial charge on any atom is 0.119 e. The van der Waals surface area contributed by atoms with E-state index >= 15 is 0 Å². The number of ether oxygens (including phenoxy) is 1. The van der Waals surface area contributed by atoms with Crippen molar-refractivity contribution in [1.82, 2.24) is 4.57 Å². The van der Waals surface area contributed by atoms with Gasteiger partial charge < -0.3 is 9.30 Å². The molecular weight excluding hydrogens is 246 g/mol. The average molecular weight is 263 g/mol. The molecule has 20 heavy (non-hydrogen) atoms. The summed E-state index contributed by atoms with van der Waals surface area (Å²) in [5.74, 6) is 0.877. The van der Waals surface area contributed by atoms with Crippen molar-refractivity contribution in [2.75, 3.05) is 7.11 Å². The van der Waals surface area contributed by atoms with Crippen LogP contribution in [-0.4, -0.2) is 11.7 Å². The van der Waals surface area contributed by atoms with Crippen molar-refractivity contribution in [2.45, 2.75) is 6.92 Å². The summed E-state index contributed by atoms with van der Waals surface area (Å²) in [5, 5.41) is 0. The second-order valence-electron chi connectivity index (χ2n) is 4.80. The van der Waals surface area contributed by atoms with Crippen LogP contribution in [0.25, 0.3) is 16.8 Å². The first-order chi connectivity index (χ1) is 9.78. The molecule has 0 saturated carbocycles.